The Hall–Kier alpha value is -2.30. The van der Waals surface area contributed by atoms with Gasteiger partial charge in [0.1, 0.15) is 29.7 Å². The van der Waals surface area contributed by atoms with Crippen LogP contribution >= 0.6 is 0 Å². The van der Waals surface area contributed by atoms with Gasteiger partial charge in [0.25, 0.3) is 0 Å². The molecular weight excluding hydrogens is 292 g/mol. The zero-order chi connectivity index (χ0) is 15.5. The first-order chi connectivity index (χ1) is 10.5. The lowest BCUT2D eigenvalue weighted by Gasteiger charge is -2.30. The average Bonchev–Trinajstić information content (AvgIpc) is 3.09. The highest BCUT2D eigenvalue weighted by Crippen LogP contribution is 2.47. The van der Waals surface area contributed by atoms with Crippen molar-refractivity contribution in [1.82, 2.24) is 19.5 Å². The maximum atomic E-state index is 11.3. The topological polar surface area (TPSA) is 151 Å². The molecule has 0 unspecified atom stereocenters. The summed E-state index contributed by atoms with van der Waals surface area (Å²) in [6.07, 6.45) is 0.441. The van der Waals surface area contributed by atoms with Crippen LogP contribution in [0.1, 0.15) is 12.6 Å². The number of aliphatic hydroxyl groups is 1. The molecule has 4 atom stereocenters. The monoisotopic (exact) mass is 306 g/mol. The van der Waals surface area contributed by atoms with Crippen LogP contribution in [-0.4, -0.2) is 54.9 Å². The molecule has 2 aromatic rings. The van der Waals surface area contributed by atoms with Crippen LogP contribution < -0.4 is 11.5 Å². The van der Waals surface area contributed by atoms with Crippen LogP contribution in [0.3, 0.4) is 0 Å². The number of rotatable bonds is 3. The fourth-order valence-electron chi connectivity index (χ4n) is 3.13. The van der Waals surface area contributed by atoms with Gasteiger partial charge in [0, 0.05) is 0 Å². The highest BCUT2D eigenvalue weighted by Gasteiger charge is 2.62. The van der Waals surface area contributed by atoms with Crippen molar-refractivity contribution >= 4 is 22.9 Å². The third kappa shape index (κ3) is 1.65. The molecule has 5 N–H and O–H groups in total. The summed E-state index contributed by atoms with van der Waals surface area (Å²) in [7, 11) is 0. The Morgan fingerprint density at radius 3 is 3.09 bits per heavy atom. The number of fused-ring (bicyclic) bond motifs is 3. The van der Waals surface area contributed by atoms with E-state index in [2.05, 4.69) is 15.0 Å². The van der Waals surface area contributed by atoms with E-state index in [9.17, 15) is 9.90 Å². The van der Waals surface area contributed by atoms with Gasteiger partial charge in [-0.3, -0.25) is 9.36 Å². The minimum absolute atomic E-state index is 0.113. The number of nitrogens with two attached hydrogens (primary N) is 2. The summed E-state index contributed by atoms with van der Waals surface area (Å²) in [5.74, 6) is -0.314. The van der Waals surface area contributed by atoms with E-state index in [0.29, 0.717) is 11.2 Å². The predicted octanol–water partition coefficient (Wildman–Crippen LogP) is -1.69. The lowest BCUT2D eigenvalue weighted by atomic mass is 9.95. The van der Waals surface area contributed by atoms with Crippen molar-refractivity contribution in [3.63, 3.8) is 0 Å². The second-order valence-corrected chi connectivity index (χ2v) is 5.52. The molecule has 10 heteroatoms. The lowest BCUT2D eigenvalue weighted by Crippen LogP contribution is -2.44. The van der Waals surface area contributed by atoms with Gasteiger partial charge in [-0.1, -0.05) is 0 Å². The van der Waals surface area contributed by atoms with Crippen LogP contribution in [0, 0.1) is 0 Å². The number of imidazole rings is 1. The minimum atomic E-state index is -1.13. The molecule has 4 heterocycles. The van der Waals surface area contributed by atoms with Crippen molar-refractivity contribution < 1.29 is 19.4 Å². The van der Waals surface area contributed by atoms with Gasteiger partial charge < -0.3 is 26.0 Å². The van der Waals surface area contributed by atoms with E-state index in [0.717, 1.165) is 0 Å². The van der Waals surface area contributed by atoms with Gasteiger partial charge in [0.15, 0.2) is 17.7 Å². The molecule has 2 bridgehead atoms. The van der Waals surface area contributed by atoms with E-state index in [-0.39, 0.29) is 18.8 Å². The molecule has 2 fully saturated rings. The van der Waals surface area contributed by atoms with Crippen LogP contribution in [0.5, 0.6) is 0 Å². The van der Waals surface area contributed by atoms with Crippen molar-refractivity contribution in [2.45, 2.75) is 30.5 Å². The maximum absolute atomic E-state index is 11.3. The summed E-state index contributed by atoms with van der Waals surface area (Å²) in [6, 6.07) is 0. The molecule has 10 nitrogen and oxygen atoms in total. The number of amides is 1. The fourth-order valence-corrected chi connectivity index (χ4v) is 3.13. The van der Waals surface area contributed by atoms with Gasteiger partial charge in [-0.05, 0) is 0 Å². The molecule has 0 aromatic carbocycles. The number of ether oxygens (including phenoxy) is 2. The number of primary amides is 1. The first-order valence-corrected chi connectivity index (χ1v) is 6.71. The molecule has 0 radical (unpaired) electrons. The summed E-state index contributed by atoms with van der Waals surface area (Å²) < 4.78 is 13.1. The van der Waals surface area contributed by atoms with E-state index >= 15 is 0 Å². The SMILES string of the molecule is NC(=O)C[C@]12CO[C@@H]([C@H](n3cnc4c(N)ncnc43)O1)[C@H]2O. The van der Waals surface area contributed by atoms with E-state index in [4.69, 9.17) is 20.9 Å². The van der Waals surface area contributed by atoms with Crippen molar-refractivity contribution in [2.24, 2.45) is 5.73 Å². The first kappa shape index (κ1) is 13.4. The van der Waals surface area contributed by atoms with Gasteiger partial charge in [-0.15, -0.1) is 0 Å². The molecule has 22 heavy (non-hydrogen) atoms. The number of aliphatic hydroxyl groups excluding tert-OH is 1. The van der Waals surface area contributed by atoms with Gasteiger partial charge in [0.05, 0.1) is 19.4 Å². The predicted molar refractivity (Wildman–Crippen MR) is 72.1 cm³/mol. The Kier molecular flexibility index (Phi) is 2.64. The molecule has 2 saturated heterocycles. The molecule has 4 rings (SSSR count). The highest BCUT2D eigenvalue weighted by molar-refractivity contribution is 5.81. The Balaban J connectivity index is 1.75. The Morgan fingerprint density at radius 1 is 1.50 bits per heavy atom. The largest absolute Gasteiger partial charge is 0.387 e. The van der Waals surface area contributed by atoms with Gasteiger partial charge in [0.2, 0.25) is 5.91 Å². The summed E-state index contributed by atoms with van der Waals surface area (Å²) >= 11 is 0. The van der Waals surface area contributed by atoms with Gasteiger partial charge in [-0.25, -0.2) is 15.0 Å². The van der Waals surface area contributed by atoms with Crippen molar-refractivity contribution in [3.05, 3.63) is 12.7 Å². The molecule has 2 aromatic heterocycles. The molecule has 0 aliphatic carbocycles. The number of nitrogens with zero attached hydrogens (tertiary/aromatic N) is 4. The van der Waals surface area contributed by atoms with Crippen molar-refractivity contribution in [2.75, 3.05) is 12.3 Å². The Bertz CT molecular complexity index is 763. The number of carbonyl (C=O) groups is 1. The Morgan fingerprint density at radius 2 is 2.32 bits per heavy atom. The molecule has 2 aliphatic heterocycles. The summed E-state index contributed by atoms with van der Waals surface area (Å²) in [4.78, 5) is 23.4. The quantitative estimate of drug-likeness (QED) is 0.607. The molecule has 0 spiro atoms. The van der Waals surface area contributed by atoms with Gasteiger partial charge in [-0.2, -0.15) is 0 Å². The smallest absolute Gasteiger partial charge is 0.220 e. The number of carbonyl (C=O) groups excluding carboxylic acids is 1. The van der Waals surface area contributed by atoms with Crippen molar-refractivity contribution in [3.8, 4) is 0 Å². The zero-order valence-electron chi connectivity index (χ0n) is 11.4. The number of hydrogen-bond donors (Lipinski definition) is 3. The third-order valence-corrected chi connectivity index (χ3v) is 4.14. The standard InChI is InChI=1S/C12H14N6O4/c13-5(19)1-12-2-21-7(8(12)20)11(22-12)18-4-17-6-9(14)15-3-16-10(6)18/h3-4,7-8,11,20H,1-2H2,(H2,13,19)(H2,14,15,16)/t7-,8-,11-,12-/m1/s1. The van der Waals surface area contributed by atoms with Crippen molar-refractivity contribution in [1.29, 1.82) is 0 Å². The molecule has 116 valence electrons. The van der Waals surface area contributed by atoms with Crippen LogP contribution in [0.15, 0.2) is 12.7 Å². The van der Waals surface area contributed by atoms with Crippen LogP contribution in [0.4, 0.5) is 5.82 Å². The second kappa shape index (κ2) is 4.35. The van der Waals surface area contributed by atoms with E-state index in [1.807, 2.05) is 0 Å². The van der Waals surface area contributed by atoms with E-state index < -0.39 is 29.9 Å². The average molecular weight is 306 g/mol. The number of nitrogen functional groups attached to an aromatic ring is 1. The summed E-state index contributed by atoms with van der Waals surface area (Å²) in [6.45, 7) is 0.113. The van der Waals surface area contributed by atoms with Gasteiger partial charge >= 0.3 is 0 Å². The minimum Gasteiger partial charge on any atom is -0.387 e. The van der Waals surface area contributed by atoms with Crippen LogP contribution in [0.25, 0.3) is 11.2 Å². The molecule has 0 saturated carbocycles. The second-order valence-electron chi connectivity index (χ2n) is 5.52. The van der Waals surface area contributed by atoms with E-state index in [1.165, 1.54) is 12.7 Å². The maximum Gasteiger partial charge on any atom is 0.220 e. The molecule has 2 aliphatic rings. The first-order valence-electron chi connectivity index (χ1n) is 6.71. The van der Waals surface area contributed by atoms with E-state index in [1.54, 1.807) is 4.57 Å². The zero-order valence-corrected chi connectivity index (χ0v) is 11.4. The summed E-state index contributed by atoms with van der Waals surface area (Å²) in [5.41, 5.74) is 10.8. The molecule has 1 amide bonds. The third-order valence-electron chi connectivity index (χ3n) is 4.14. The number of hydrogen-bond acceptors (Lipinski definition) is 8. The summed E-state index contributed by atoms with van der Waals surface area (Å²) in [5, 5.41) is 10.4. The number of aromatic nitrogens is 4. The normalized spacial score (nSPS) is 33.6. The Labute approximate surface area is 124 Å². The molecular formula is C12H14N6O4. The lowest BCUT2D eigenvalue weighted by molar-refractivity contribution is -0.177. The van der Waals surface area contributed by atoms with Crippen LogP contribution in [-0.2, 0) is 14.3 Å². The van der Waals surface area contributed by atoms with Crippen LogP contribution in [0.2, 0.25) is 0 Å². The highest BCUT2D eigenvalue weighted by atomic mass is 16.6. The number of anilines is 1. The fraction of sp³-hybridized carbons (Fsp3) is 0.500.